The van der Waals surface area contributed by atoms with Crippen molar-refractivity contribution in [2.75, 3.05) is 26.2 Å². The van der Waals surface area contributed by atoms with E-state index in [1.54, 1.807) is 11.3 Å². The summed E-state index contributed by atoms with van der Waals surface area (Å²) in [7, 11) is 0. The molecule has 1 unspecified atom stereocenters. The molecule has 0 spiro atoms. The van der Waals surface area contributed by atoms with Crippen molar-refractivity contribution in [3.8, 4) is 6.07 Å². The molecule has 1 atom stereocenters. The minimum atomic E-state index is 0.129. The lowest BCUT2D eigenvalue weighted by molar-refractivity contribution is 0.0586. The van der Waals surface area contributed by atoms with Gasteiger partial charge < -0.3 is 4.90 Å². The third-order valence-corrected chi connectivity index (χ3v) is 4.06. The molecule has 0 bridgehead atoms. The van der Waals surface area contributed by atoms with Crippen LogP contribution < -0.4 is 0 Å². The van der Waals surface area contributed by atoms with E-state index in [1.807, 2.05) is 21.7 Å². The zero-order chi connectivity index (χ0) is 13.0. The highest BCUT2D eigenvalue weighted by molar-refractivity contribution is 7.08. The molecule has 1 aromatic rings. The van der Waals surface area contributed by atoms with Gasteiger partial charge >= 0.3 is 0 Å². The van der Waals surface area contributed by atoms with Gasteiger partial charge in [0, 0.05) is 37.6 Å². The Bertz CT molecular complexity index is 430. The van der Waals surface area contributed by atoms with E-state index in [2.05, 4.69) is 17.9 Å². The molecular weight excluding hydrogens is 246 g/mol. The van der Waals surface area contributed by atoms with Gasteiger partial charge in [-0.15, -0.1) is 0 Å². The summed E-state index contributed by atoms with van der Waals surface area (Å²) < 4.78 is 0. The molecule has 0 aromatic carbocycles. The maximum atomic E-state index is 12.1. The van der Waals surface area contributed by atoms with Crippen molar-refractivity contribution in [1.29, 1.82) is 5.26 Å². The molecule has 1 aliphatic heterocycles. The molecule has 5 heteroatoms. The van der Waals surface area contributed by atoms with E-state index >= 15 is 0 Å². The van der Waals surface area contributed by atoms with E-state index in [-0.39, 0.29) is 11.9 Å². The summed E-state index contributed by atoms with van der Waals surface area (Å²) in [4.78, 5) is 16.3. The van der Waals surface area contributed by atoms with Crippen LogP contribution in [0, 0.1) is 11.3 Å². The SMILES string of the molecule is CC(CC#N)N1CCN(C(=O)c2ccsc2)CC1. The van der Waals surface area contributed by atoms with Crippen LogP contribution in [0.5, 0.6) is 0 Å². The number of rotatable bonds is 3. The predicted molar refractivity (Wildman–Crippen MR) is 71.5 cm³/mol. The molecule has 1 aliphatic rings. The molecule has 2 rings (SSSR count). The average molecular weight is 263 g/mol. The first-order valence-electron chi connectivity index (χ1n) is 6.15. The normalized spacial score (nSPS) is 18.3. The minimum Gasteiger partial charge on any atom is -0.336 e. The number of thiophene rings is 1. The Morgan fingerprint density at radius 3 is 2.78 bits per heavy atom. The smallest absolute Gasteiger partial charge is 0.254 e. The van der Waals surface area contributed by atoms with E-state index in [9.17, 15) is 4.79 Å². The van der Waals surface area contributed by atoms with E-state index < -0.39 is 0 Å². The molecule has 0 aliphatic carbocycles. The first kappa shape index (κ1) is 13.1. The van der Waals surface area contributed by atoms with Crippen molar-refractivity contribution in [1.82, 2.24) is 9.80 Å². The lowest BCUT2D eigenvalue weighted by Gasteiger charge is -2.37. The monoisotopic (exact) mass is 263 g/mol. The molecule has 0 N–H and O–H groups in total. The minimum absolute atomic E-state index is 0.129. The summed E-state index contributed by atoms with van der Waals surface area (Å²) in [5.41, 5.74) is 0.790. The van der Waals surface area contributed by atoms with Gasteiger partial charge in [0.05, 0.1) is 18.1 Å². The van der Waals surface area contributed by atoms with Crippen LogP contribution >= 0.6 is 11.3 Å². The molecule has 1 amide bonds. The maximum absolute atomic E-state index is 12.1. The van der Waals surface area contributed by atoms with Crippen LogP contribution in [0.4, 0.5) is 0 Å². The highest BCUT2D eigenvalue weighted by Crippen LogP contribution is 2.13. The van der Waals surface area contributed by atoms with Gasteiger partial charge in [0.25, 0.3) is 5.91 Å². The van der Waals surface area contributed by atoms with Gasteiger partial charge in [0.2, 0.25) is 0 Å². The Labute approximate surface area is 111 Å². The fourth-order valence-corrected chi connectivity index (χ4v) is 2.83. The van der Waals surface area contributed by atoms with Crippen LogP contribution in [0.3, 0.4) is 0 Å². The average Bonchev–Trinajstić information content (AvgIpc) is 2.92. The van der Waals surface area contributed by atoms with Crippen molar-refractivity contribution in [3.63, 3.8) is 0 Å². The van der Waals surface area contributed by atoms with Gasteiger partial charge in [-0.1, -0.05) is 0 Å². The van der Waals surface area contributed by atoms with Gasteiger partial charge in [-0.3, -0.25) is 9.69 Å². The molecule has 2 heterocycles. The number of nitrogens with zero attached hydrogens (tertiary/aromatic N) is 3. The summed E-state index contributed by atoms with van der Waals surface area (Å²) >= 11 is 1.55. The number of carbonyl (C=O) groups is 1. The zero-order valence-corrected chi connectivity index (χ0v) is 11.3. The number of piperazine rings is 1. The third-order valence-electron chi connectivity index (χ3n) is 3.38. The standard InChI is InChI=1S/C13H17N3OS/c1-11(2-4-14)15-5-7-16(8-6-15)13(17)12-3-9-18-10-12/h3,9-11H,2,5-8H2,1H3. The van der Waals surface area contributed by atoms with Crippen molar-refractivity contribution in [2.24, 2.45) is 0 Å². The van der Waals surface area contributed by atoms with Crippen LogP contribution in [0.15, 0.2) is 16.8 Å². The van der Waals surface area contributed by atoms with E-state index in [0.29, 0.717) is 6.42 Å². The second-order valence-corrected chi connectivity index (χ2v) is 5.33. The number of hydrogen-bond acceptors (Lipinski definition) is 4. The van der Waals surface area contributed by atoms with Crippen LogP contribution in [0.2, 0.25) is 0 Å². The summed E-state index contributed by atoms with van der Waals surface area (Å²) in [5.74, 6) is 0.129. The first-order chi connectivity index (χ1) is 8.72. The summed E-state index contributed by atoms with van der Waals surface area (Å²) in [5, 5.41) is 12.5. The number of amides is 1. The molecular formula is C13H17N3OS. The van der Waals surface area contributed by atoms with E-state index in [0.717, 1.165) is 31.7 Å². The van der Waals surface area contributed by atoms with Crippen molar-refractivity contribution >= 4 is 17.2 Å². The molecule has 18 heavy (non-hydrogen) atoms. The Kier molecular flexibility index (Phi) is 4.34. The van der Waals surface area contributed by atoms with Crippen LogP contribution in [0.25, 0.3) is 0 Å². The van der Waals surface area contributed by atoms with Crippen LogP contribution in [-0.2, 0) is 0 Å². The Morgan fingerprint density at radius 2 is 2.22 bits per heavy atom. The highest BCUT2D eigenvalue weighted by Gasteiger charge is 2.24. The Morgan fingerprint density at radius 1 is 1.50 bits per heavy atom. The molecule has 4 nitrogen and oxygen atoms in total. The van der Waals surface area contributed by atoms with E-state index in [1.165, 1.54) is 0 Å². The van der Waals surface area contributed by atoms with Crippen LogP contribution in [0.1, 0.15) is 23.7 Å². The number of carbonyl (C=O) groups excluding carboxylic acids is 1. The van der Waals surface area contributed by atoms with Gasteiger partial charge in [0.1, 0.15) is 0 Å². The molecule has 1 aromatic heterocycles. The molecule has 1 fully saturated rings. The van der Waals surface area contributed by atoms with Crippen LogP contribution in [-0.4, -0.2) is 47.9 Å². The summed E-state index contributed by atoms with van der Waals surface area (Å²) in [6.45, 7) is 5.30. The Hall–Kier alpha value is -1.38. The van der Waals surface area contributed by atoms with Gasteiger partial charge in [0.15, 0.2) is 0 Å². The summed E-state index contributed by atoms with van der Waals surface area (Å²) in [6.07, 6.45) is 0.554. The maximum Gasteiger partial charge on any atom is 0.254 e. The fraction of sp³-hybridized carbons (Fsp3) is 0.538. The molecule has 0 saturated carbocycles. The van der Waals surface area contributed by atoms with E-state index in [4.69, 9.17) is 5.26 Å². The topological polar surface area (TPSA) is 47.3 Å². The lowest BCUT2D eigenvalue weighted by atomic mass is 10.1. The molecule has 0 radical (unpaired) electrons. The Balaban J connectivity index is 1.87. The number of nitriles is 1. The van der Waals surface area contributed by atoms with Crippen molar-refractivity contribution in [3.05, 3.63) is 22.4 Å². The van der Waals surface area contributed by atoms with Gasteiger partial charge in [-0.2, -0.15) is 16.6 Å². The molecule has 1 saturated heterocycles. The van der Waals surface area contributed by atoms with Gasteiger partial charge in [-0.25, -0.2) is 0 Å². The number of hydrogen-bond donors (Lipinski definition) is 0. The second kappa shape index (κ2) is 5.98. The quantitative estimate of drug-likeness (QED) is 0.835. The fourth-order valence-electron chi connectivity index (χ4n) is 2.20. The lowest BCUT2D eigenvalue weighted by Crippen LogP contribution is -2.51. The first-order valence-corrected chi connectivity index (χ1v) is 7.09. The largest absolute Gasteiger partial charge is 0.336 e. The summed E-state index contributed by atoms with van der Waals surface area (Å²) in [6, 6.07) is 4.36. The molecule has 96 valence electrons. The van der Waals surface area contributed by atoms with Crippen molar-refractivity contribution < 1.29 is 4.79 Å². The zero-order valence-electron chi connectivity index (χ0n) is 10.5. The van der Waals surface area contributed by atoms with Crippen molar-refractivity contribution in [2.45, 2.75) is 19.4 Å². The third kappa shape index (κ3) is 2.89. The highest BCUT2D eigenvalue weighted by atomic mass is 32.1. The van der Waals surface area contributed by atoms with Gasteiger partial charge in [-0.05, 0) is 18.4 Å². The predicted octanol–water partition coefficient (Wildman–Crippen LogP) is 1.81. The second-order valence-electron chi connectivity index (χ2n) is 4.55.